The summed E-state index contributed by atoms with van der Waals surface area (Å²) < 4.78 is 0. The third-order valence-electron chi connectivity index (χ3n) is 4.10. The smallest absolute Gasteiger partial charge is 0.151 e. The highest BCUT2D eigenvalue weighted by Gasteiger charge is 2.20. The Bertz CT molecular complexity index is 374. The Labute approximate surface area is 116 Å². The second kappa shape index (κ2) is 6.85. The zero-order valence-corrected chi connectivity index (χ0v) is 12.4. The Morgan fingerprint density at radius 2 is 2.11 bits per heavy atom. The lowest BCUT2D eigenvalue weighted by atomic mass is 9.89. The molecule has 1 aliphatic heterocycles. The molecule has 1 aliphatic rings. The van der Waals surface area contributed by atoms with Crippen LogP contribution in [0.4, 0.5) is 5.82 Å². The van der Waals surface area contributed by atoms with Crippen molar-refractivity contribution < 1.29 is 0 Å². The Morgan fingerprint density at radius 3 is 2.74 bits per heavy atom. The molecule has 1 aromatic heterocycles. The molecular weight excluding hydrogens is 236 g/mol. The molecule has 1 fully saturated rings. The van der Waals surface area contributed by atoms with Crippen molar-refractivity contribution in [2.75, 3.05) is 25.0 Å². The van der Waals surface area contributed by atoms with Crippen LogP contribution in [0.5, 0.6) is 0 Å². The largest absolute Gasteiger partial charge is 0.355 e. The first-order valence-electron chi connectivity index (χ1n) is 7.43. The zero-order chi connectivity index (χ0) is 13.7. The van der Waals surface area contributed by atoms with E-state index >= 15 is 0 Å². The van der Waals surface area contributed by atoms with Crippen LogP contribution in [0.25, 0.3) is 0 Å². The maximum Gasteiger partial charge on any atom is 0.151 e. The van der Waals surface area contributed by atoms with Crippen molar-refractivity contribution in [1.82, 2.24) is 15.5 Å². The van der Waals surface area contributed by atoms with Gasteiger partial charge in [0.15, 0.2) is 5.82 Å². The average Bonchev–Trinajstić information content (AvgIpc) is 2.66. The van der Waals surface area contributed by atoms with Gasteiger partial charge in [-0.3, -0.25) is 0 Å². The van der Waals surface area contributed by atoms with E-state index in [4.69, 9.17) is 0 Å². The minimum Gasteiger partial charge on any atom is -0.355 e. The molecule has 1 N–H and O–H groups in total. The third-order valence-corrected chi connectivity index (χ3v) is 4.10. The Kier molecular flexibility index (Phi) is 5.14. The highest BCUT2D eigenvalue weighted by atomic mass is 15.3. The molecule has 1 atom stereocenters. The summed E-state index contributed by atoms with van der Waals surface area (Å²) in [6, 6.07) is 4.18. The fourth-order valence-electron chi connectivity index (χ4n) is 2.81. The van der Waals surface area contributed by atoms with E-state index in [9.17, 15) is 0 Å². The summed E-state index contributed by atoms with van der Waals surface area (Å²) in [6.07, 6.45) is 3.89. The van der Waals surface area contributed by atoms with Gasteiger partial charge in [-0.05, 0) is 50.3 Å². The molecule has 0 aromatic carbocycles. The monoisotopic (exact) mass is 262 g/mol. The van der Waals surface area contributed by atoms with E-state index in [2.05, 4.69) is 46.4 Å². The van der Waals surface area contributed by atoms with Crippen LogP contribution >= 0.6 is 0 Å². The predicted molar refractivity (Wildman–Crippen MR) is 79.2 cm³/mol. The van der Waals surface area contributed by atoms with Gasteiger partial charge in [0.05, 0.1) is 5.69 Å². The van der Waals surface area contributed by atoms with Crippen LogP contribution in [0.1, 0.15) is 38.8 Å². The Morgan fingerprint density at radius 1 is 1.26 bits per heavy atom. The fourth-order valence-corrected chi connectivity index (χ4v) is 2.81. The first kappa shape index (κ1) is 14.3. The van der Waals surface area contributed by atoms with Gasteiger partial charge in [0, 0.05) is 19.6 Å². The molecular formula is C15H26N4. The lowest BCUT2D eigenvalue weighted by Crippen LogP contribution is -2.26. The molecule has 2 heterocycles. The topological polar surface area (TPSA) is 41.0 Å². The summed E-state index contributed by atoms with van der Waals surface area (Å²) in [5, 5.41) is 11.7. The van der Waals surface area contributed by atoms with E-state index in [0.717, 1.165) is 43.0 Å². The van der Waals surface area contributed by atoms with Crippen molar-refractivity contribution in [3.63, 3.8) is 0 Å². The van der Waals surface area contributed by atoms with Crippen molar-refractivity contribution in [3.05, 3.63) is 17.8 Å². The van der Waals surface area contributed by atoms with Gasteiger partial charge in [-0.1, -0.05) is 13.8 Å². The van der Waals surface area contributed by atoms with Crippen molar-refractivity contribution in [2.45, 2.75) is 39.7 Å². The van der Waals surface area contributed by atoms with Crippen molar-refractivity contribution in [3.8, 4) is 0 Å². The number of aromatic nitrogens is 2. The molecule has 4 nitrogen and oxygen atoms in total. The quantitative estimate of drug-likeness (QED) is 0.905. The summed E-state index contributed by atoms with van der Waals surface area (Å²) in [6.45, 7) is 7.69. The molecule has 1 unspecified atom stereocenters. The number of hydrogen-bond donors (Lipinski definition) is 1. The zero-order valence-electron chi connectivity index (χ0n) is 12.4. The molecule has 19 heavy (non-hydrogen) atoms. The summed E-state index contributed by atoms with van der Waals surface area (Å²) in [5.74, 6) is 2.69. The van der Waals surface area contributed by atoms with Crippen molar-refractivity contribution >= 4 is 5.82 Å². The number of anilines is 1. The van der Waals surface area contributed by atoms with Crippen LogP contribution in [0.2, 0.25) is 0 Å². The second-order valence-corrected chi connectivity index (χ2v) is 5.84. The Balaban J connectivity index is 1.97. The lowest BCUT2D eigenvalue weighted by Gasteiger charge is -2.22. The third kappa shape index (κ3) is 3.90. The van der Waals surface area contributed by atoms with Gasteiger partial charge in [0.2, 0.25) is 0 Å². The second-order valence-electron chi connectivity index (χ2n) is 5.84. The fraction of sp³-hybridized carbons (Fsp3) is 0.733. The highest BCUT2D eigenvalue weighted by molar-refractivity contribution is 5.37. The van der Waals surface area contributed by atoms with E-state index in [1.807, 2.05) is 7.05 Å². The summed E-state index contributed by atoms with van der Waals surface area (Å²) in [4.78, 5) is 2.39. The Hall–Kier alpha value is -1.16. The molecule has 1 saturated heterocycles. The molecule has 0 aliphatic carbocycles. The standard InChI is InChI=1S/C15H26N4/c1-12(2)13-5-4-9-19(10-8-13)15-7-6-14(11-16-3)17-18-15/h6-7,12-13,16H,4-5,8-11H2,1-3H3. The van der Waals surface area contributed by atoms with Crippen LogP contribution in [0.3, 0.4) is 0 Å². The first-order chi connectivity index (χ1) is 9.20. The SMILES string of the molecule is CNCc1ccc(N2CCCC(C(C)C)CC2)nn1. The van der Waals surface area contributed by atoms with Crippen LogP contribution in [-0.4, -0.2) is 30.3 Å². The van der Waals surface area contributed by atoms with E-state index < -0.39 is 0 Å². The van der Waals surface area contributed by atoms with E-state index in [1.165, 1.54) is 19.3 Å². The predicted octanol–water partition coefficient (Wildman–Crippen LogP) is 2.46. The maximum atomic E-state index is 4.37. The van der Waals surface area contributed by atoms with Crippen LogP contribution in [-0.2, 0) is 6.54 Å². The van der Waals surface area contributed by atoms with Crippen LogP contribution in [0, 0.1) is 11.8 Å². The van der Waals surface area contributed by atoms with Gasteiger partial charge in [-0.15, -0.1) is 5.10 Å². The average molecular weight is 262 g/mol. The van der Waals surface area contributed by atoms with Gasteiger partial charge in [0.25, 0.3) is 0 Å². The van der Waals surface area contributed by atoms with Gasteiger partial charge >= 0.3 is 0 Å². The van der Waals surface area contributed by atoms with Crippen LogP contribution in [0.15, 0.2) is 12.1 Å². The molecule has 106 valence electrons. The van der Waals surface area contributed by atoms with Gasteiger partial charge < -0.3 is 10.2 Å². The number of nitrogens with one attached hydrogen (secondary N) is 1. The maximum absolute atomic E-state index is 4.37. The van der Waals surface area contributed by atoms with Crippen molar-refractivity contribution in [2.24, 2.45) is 11.8 Å². The van der Waals surface area contributed by atoms with E-state index in [-0.39, 0.29) is 0 Å². The normalized spacial score (nSPS) is 20.6. The number of hydrogen-bond acceptors (Lipinski definition) is 4. The van der Waals surface area contributed by atoms with E-state index in [1.54, 1.807) is 0 Å². The summed E-state index contributed by atoms with van der Waals surface area (Å²) in [7, 11) is 1.93. The van der Waals surface area contributed by atoms with Gasteiger partial charge in [-0.25, -0.2) is 0 Å². The molecule has 2 rings (SSSR count). The molecule has 1 aromatic rings. The lowest BCUT2D eigenvalue weighted by molar-refractivity contribution is 0.351. The van der Waals surface area contributed by atoms with Gasteiger partial charge in [-0.2, -0.15) is 5.10 Å². The number of rotatable bonds is 4. The highest BCUT2D eigenvalue weighted by Crippen LogP contribution is 2.26. The first-order valence-corrected chi connectivity index (χ1v) is 7.43. The molecule has 0 bridgehead atoms. The minimum absolute atomic E-state index is 0.780. The molecule has 4 heteroatoms. The molecule has 0 spiro atoms. The van der Waals surface area contributed by atoms with Gasteiger partial charge in [0.1, 0.15) is 0 Å². The van der Waals surface area contributed by atoms with Crippen molar-refractivity contribution in [1.29, 1.82) is 0 Å². The van der Waals surface area contributed by atoms with E-state index in [0.29, 0.717) is 0 Å². The summed E-state index contributed by atoms with van der Waals surface area (Å²) in [5.41, 5.74) is 1.00. The molecule has 0 radical (unpaired) electrons. The minimum atomic E-state index is 0.780. The molecule has 0 saturated carbocycles. The number of nitrogens with zero attached hydrogens (tertiary/aromatic N) is 3. The summed E-state index contributed by atoms with van der Waals surface area (Å²) >= 11 is 0. The van der Waals surface area contributed by atoms with Crippen LogP contribution < -0.4 is 10.2 Å². The molecule has 0 amide bonds.